The van der Waals surface area contributed by atoms with Crippen molar-refractivity contribution in [2.24, 2.45) is 11.8 Å². The number of hydrogen-bond donors (Lipinski definition) is 2. The van der Waals surface area contributed by atoms with Crippen molar-refractivity contribution in [3.8, 4) is 17.2 Å². The summed E-state index contributed by atoms with van der Waals surface area (Å²) in [4.78, 5) is 25.9. The molecular weight excluding hydrogens is 392 g/mol. The molecule has 1 atom stereocenters. The molecule has 2 aromatic carbocycles. The molecule has 2 aromatic rings. The zero-order chi connectivity index (χ0) is 22.9. The summed E-state index contributed by atoms with van der Waals surface area (Å²) in [5.41, 5.74) is 2.40. The van der Waals surface area contributed by atoms with Crippen LogP contribution in [0.1, 0.15) is 90.5 Å². The zero-order valence-electron chi connectivity index (χ0n) is 19.0. The maximum atomic E-state index is 13.1. The molecule has 0 aliphatic carbocycles. The predicted molar refractivity (Wildman–Crippen MR) is 120 cm³/mol. The fourth-order valence-electron chi connectivity index (χ4n) is 4.08. The number of Topliss-reactive ketones (excluding diaryl/α,β-unsaturated/α-hetero) is 2. The van der Waals surface area contributed by atoms with Gasteiger partial charge in [0.15, 0.2) is 11.6 Å². The van der Waals surface area contributed by atoms with Crippen LogP contribution >= 0.6 is 0 Å². The van der Waals surface area contributed by atoms with Gasteiger partial charge in [-0.15, -0.1) is 0 Å². The first-order valence-electron chi connectivity index (χ1n) is 11.0. The van der Waals surface area contributed by atoms with Gasteiger partial charge in [-0.25, -0.2) is 0 Å². The van der Waals surface area contributed by atoms with E-state index in [1.807, 2.05) is 58.9 Å². The van der Waals surface area contributed by atoms with Crippen LogP contribution in [0.15, 0.2) is 24.3 Å². The topological polar surface area (TPSA) is 83.8 Å². The van der Waals surface area contributed by atoms with Crippen LogP contribution in [0, 0.1) is 18.8 Å². The number of aromatic hydroxyl groups is 2. The Morgan fingerprint density at radius 2 is 1.48 bits per heavy atom. The molecule has 1 aliphatic rings. The van der Waals surface area contributed by atoms with E-state index in [-0.39, 0.29) is 65.0 Å². The second kappa shape index (κ2) is 9.13. The molecular formula is C26H32O5. The average molecular weight is 425 g/mol. The number of phenols is 2. The number of ketones is 2. The number of aryl methyl sites for hydroxylation is 1. The van der Waals surface area contributed by atoms with Gasteiger partial charge in [-0.3, -0.25) is 9.59 Å². The lowest BCUT2D eigenvalue weighted by molar-refractivity contribution is 0.0950. The highest BCUT2D eigenvalue weighted by Crippen LogP contribution is 2.49. The monoisotopic (exact) mass is 424 g/mol. The van der Waals surface area contributed by atoms with Crippen molar-refractivity contribution in [2.75, 3.05) is 0 Å². The molecule has 5 nitrogen and oxygen atoms in total. The fourth-order valence-corrected chi connectivity index (χ4v) is 4.08. The summed E-state index contributed by atoms with van der Waals surface area (Å²) in [6, 6.07) is 7.98. The van der Waals surface area contributed by atoms with E-state index < -0.39 is 5.75 Å². The molecule has 2 N–H and O–H groups in total. The highest BCUT2D eigenvalue weighted by molar-refractivity contribution is 6.09. The molecule has 0 saturated carbocycles. The third kappa shape index (κ3) is 4.76. The first kappa shape index (κ1) is 22.9. The van der Waals surface area contributed by atoms with Gasteiger partial charge in [0, 0.05) is 18.4 Å². The molecule has 5 heteroatoms. The first-order valence-corrected chi connectivity index (χ1v) is 11.0. The molecule has 0 aromatic heterocycles. The molecule has 0 saturated heterocycles. The Morgan fingerprint density at radius 3 is 2.03 bits per heavy atom. The van der Waals surface area contributed by atoms with E-state index >= 15 is 0 Å². The molecule has 1 aliphatic heterocycles. The smallest absolute Gasteiger partial charge is 0.170 e. The molecule has 0 radical (unpaired) electrons. The largest absolute Gasteiger partial charge is 0.507 e. The molecule has 166 valence electrons. The highest BCUT2D eigenvalue weighted by atomic mass is 16.5. The molecule has 0 bridgehead atoms. The summed E-state index contributed by atoms with van der Waals surface area (Å²) in [5.74, 6) is -1.04. The molecule has 3 rings (SSSR count). The molecule has 31 heavy (non-hydrogen) atoms. The third-order valence-electron chi connectivity index (χ3n) is 5.61. The van der Waals surface area contributed by atoms with Crippen LogP contribution in [0.2, 0.25) is 0 Å². The first-order chi connectivity index (χ1) is 14.6. The summed E-state index contributed by atoms with van der Waals surface area (Å²) >= 11 is 0. The van der Waals surface area contributed by atoms with Crippen molar-refractivity contribution in [3.63, 3.8) is 0 Å². The summed E-state index contributed by atoms with van der Waals surface area (Å²) in [6.07, 6.45) is 1.13. The van der Waals surface area contributed by atoms with E-state index in [0.717, 1.165) is 11.1 Å². The minimum absolute atomic E-state index is 0.0189. The van der Waals surface area contributed by atoms with Gasteiger partial charge >= 0.3 is 0 Å². The van der Waals surface area contributed by atoms with Gasteiger partial charge in [-0.05, 0) is 37.2 Å². The summed E-state index contributed by atoms with van der Waals surface area (Å²) in [5, 5.41) is 21.9. The van der Waals surface area contributed by atoms with E-state index in [2.05, 4.69) is 0 Å². The Kier molecular flexibility index (Phi) is 6.73. The van der Waals surface area contributed by atoms with Gasteiger partial charge in [0.05, 0.1) is 0 Å². The number of fused-ring (bicyclic) bond motifs is 1. The minimum atomic E-state index is -0.461. The Bertz CT molecular complexity index is 986. The number of hydrogen-bond acceptors (Lipinski definition) is 5. The van der Waals surface area contributed by atoms with Crippen molar-refractivity contribution >= 4 is 11.6 Å². The van der Waals surface area contributed by atoms with Crippen molar-refractivity contribution in [1.82, 2.24) is 0 Å². The standard InChI is InChI=1S/C26H32O5/c1-14(2)12-19(27)22-24(29)18-10-11-21(17-8-6-16(5)7-9-17)31-26(18)23(25(22)30)20(28)13-15(3)4/h6-9,14-15,21,29-30H,10-13H2,1-5H3. The summed E-state index contributed by atoms with van der Waals surface area (Å²) in [7, 11) is 0. The van der Waals surface area contributed by atoms with Crippen LogP contribution in [-0.2, 0) is 6.42 Å². The molecule has 1 unspecified atom stereocenters. The second-order valence-electron chi connectivity index (χ2n) is 9.35. The van der Waals surface area contributed by atoms with Crippen LogP contribution in [0.4, 0.5) is 0 Å². The lowest BCUT2D eigenvalue weighted by Gasteiger charge is -2.30. The molecule has 0 spiro atoms. The number of phenolic OH excluding ortho intramolecular Hbond substituents is 2. The molecule has 0 fully saturated rings. The van der Waals surface area contributed by atoms with E-state index in [1.165, 1.54) is 0 Å². The Hall–Kier alpha value is -2.82. The van der Waals surface area contributed by atoms with Crippen molar-refractivity contribution in [2.45, 2.75) is 66.4 Å². The lowest BCUT2D eigenvalue weighted by atomic mass is 9.87. The van der Waals surface area contributed by atoms with Gasteiger partial charge in [0.1, 0.15) is 34.5 Å². The number of carbonyl (C=O) groups excluding carboxylic acids is 2. The van der Waals surface area contributed by atoms with E-state index in [4.69, 9.17) is 4.74 Å². The third-order valence-corrected chi connectivity index (χ3v) is 5.61. The van der Waals surface area contributed by atoms with Crippen LogP contribution in [0.5, 0.6) is 17.2 Å². The number of benzene rings is 2. The maximum absolute atomic E-state index is 13.1. The van der Waals surface area contributed by atoms with Gasteiger partial charge in [0.25, 0.3) is 0 Å². The molecule has 1 heterocycles. The van der Waals surface area contributed by atoms with Gasteiger partial charge in [-0.2, -0.15) is 0 Å². The van der Waals surface area contributed by atoms with E-state index in [1.54, 1.807) is 0 Å². The Labute approximate surface area is 184 Å². The summed E-state index contributed by atoms with van der Waals surface area (Å²) in [6.45, 7) is 9.63. The van der Waals surface area contributed by atoms with Crippen LogP contribution in [-0.4, -0.2) is 21.8 Å². The number of rotatable bonds is 7. The second-order valence-corrected chi connectivity index (χ2v) is 9.35. The van der Waals surface area contributed by atoms with Crippen molar-refractivity contribution < 1.29 is 24.5 Å². The van der Waals surface area contributed by atoms with Gasteiger partial charge in [-0.1, -0.05) is 57.5 Å². The number of carbonyl (C=O) groups is 2. The highest BCUT2D eigenvalue weighted by Gasteiger charge is 2.35. The van der Waals surface area contributed by atoms with Crippen molar-refractivity contribution in [1.29, 1.82) is 0 Å². The predicted octanol–water partition coefficient (Wildman–Crippen LogP) is 5.93. The average Bonchev–Trinajstić information content (AvgIpc) is 2.67. The van der Waals surface area contributed by atoms with Gasteiger partial charge < -0.3 is 14.9 Å². The van der Waals surface area contributed by atoms with E-state index in [0.29, 0.717) is 18.4 Å². The Morgan fingerprint density at radius 1 is 0.935 bits per heavy atom. The zero-order valence-corrected chi connectivity index (χ0v) is 19.0. The van der Waals surface area contributed by atoms with E-state index in [9.17, 15) is 19.8 Å². The van der Waals surface area contributed by atoms with Crippen LogP contribution in [0.3, 0.4) is 0 Å². The Balaban J connectivity index is 2.13. The fraction of sp³-hybridized carbons (Fsp3) is 0.462. The normalized spacial score (nSPS) is 15.6. The lowest BCUT2D eigenvalue weighted by Crippen LogP contribution is -2.20. The van der Waals surface area contributed by atoms with Crippen molar-refractivity contribution in [3.05, 3.63) is 52.1 Å². The SMILES string of the molecule is Cc1ccc(C2CCc3c(O)c(C(=O)CC(C)C)c(O)c(C(=O)CC(C)C)c3O2)cc1. The minimum Gasteiger partial charge on any atom is -0.507 e. The number of ether oxygens (including phenoxy) is 1. The summed E-state index contributed by atoms with van der Waals surface area (Å²) < 4.78 is 6.22. The quantitative estimate of drug-likeness (QED) is 0.538. The van der Waals surface area contributed by atoms with Gasteiger partial charge in [0.2, 0.25) is 0 Å². The van der Waals surface area contributed by atoms with Crippen LogP contribution < -0.4 is 4.74 Å². The molecule has 0 amide bonds. The maximum Gasteiger partial charge on any atom is 0.170 e. The van der Waals surface area contributed by atoms with Crippen LogP contribution in [0.25, 0.3) is 0 Å².